The first-order valence-corrected chi connectivity index (χ1v) is 10.1. The van der Waals surface area contributed by atoms with Gasteiger partial charge in [-0.2, -0.15) is 0 Å². The molecule has 30 heavy (non-hydrogen) atoms. The number of halogens is 2. The quantitative estimate of drug-likeness (QED) is 0.704. The van der Waals surface area contributed by atoms with Crippen LogP contribution in [0.2, 0.25) is 5.02 Å². The van der Waals surface area contributed by atoms with Crippen LogP contribution in [0.25, 0.3) is 0 Å². The second kappa shape index (κ2) is 9.94. The van der Waals surface area contributed by atoms with Crippen LogP contribution in [-0.4, -0.2) is 35.4 Å². The van der Waals surface area contributed by atoms with E-state index in [0.717, 1.165) is 5.56 Å². The molecule has 0 radical (unpaired) electrons. The minimum Gasteiger partial charge on any atom is -0.497 e. The molecule has 0 heterocycles. The van der Waals surface area contributed by atoms with Crippen LogP contribution in [0.1, 0.15) is 38.8 Å². The molecule has 2 amide bonds. The van der Waals surface area contributed by atoms with Gasteiger partial charge in [0.25, 0.3) is 0 Å². The minimum absolute atomic E-state index is 0.118. The highest BCUT2D eigenvalue weighted by molar-refractivity contribution is 6.31. The van der Waals surface area contributed by atoms with Crippen LogP contribution in [0.15, 0.2) is 42.5 Å². The summed E-state index contributed by atoms with van der Waals surface area (Å²) in [7, 11) is 1.57. The molecule has 0 aromatic heterocycles. The normalized spacial score (nSPS) is 12.2. The van der Waals surface area contributed by atoms with Crippen LogP contribution < -0.4 is 10.1 Å². The van der Waals surface area contributed by atoms with Crippen LogP contribution in [0, 0.1) is 5.82 Å². The van der Waals surface area contributed by atoms with Gasteiger partial charge in [-0.05, 0) is 57.5 Å². The Balaban J connectivity index is 2.31. The van der Waals surface area contributed by atoms with Crippen LogP contribution >= 0.6 is 11.6 Å². The third kappa shape index (κ3) is 6.46. The van der Waals surface area contributed by atoms with E-state index in [1.54, 1.807) is 26.2 Å². The van der Waals surface area contributed by atoms with Gasteiger partial charge in [-0.15, -0.1) is 0 Å². The summed E-state index contributed by atoms with van der Waals surface area (Å²) in [5.74, 6) is -0.543. The van der Waals surface area contributed by atoms with Crippen LogP contribution in [0.4, 0.5) is 4.39 Å². The zero-order chi connectivity index (χ0) is 22.5. The van der Waals surface area contributed by atoms with Crippen molar-refractivity contribution in [1.29, 1.82) is 0 Å². The van der Waals surface area contributed by atoms with Crippen molar-refractivity contribution in [3.8, 4) is 5.75 Å². The molecule has 0 saturated carbocycles. The molecule has 0 unspecified atom stereocenters. The number of benzene rings is 2. The average Bonchev–Trinajstić information content (AvgIpc) is 2.67. The molecular weight excluding hydrogens is 407 g/mol. The number of carbonyl (C=O) groups excluding carboxylic acids is 2. The number of methoxy groups -OCH3 is 1. The summed E-state index contributed by atoms with van der Waals surface area (Å²) in [4.78, 5) is 27.3. The highest BCUT2D eigenvalue weighted by Gasteiger charge is 2.29. The smallest absolute Gasteiger partial charge is 0.242 e. The molecule has 0 aliphatic carbocycles. The Labute approximate surface area is 182 Å². The van der Waals surface area contributed by atoms with Crippen molar-refractivity contribution in [2.24, 2.45) is 0 Å². The summed E-state index contributed by atoms with van der Waals surface area (Å²) in [5, 5.41) is 3.07. The Bertz CT molecular complexity index is 874. The molecule has 162 valence electrons. The summed E-state index contributed by atoms with van der Waals surface area (Å²) in [5.41, 5.74) is 0.487. The Morgan fingerprint density at radius 3 is 2.33 bits per heavy atom. The van der Waals surface area contributed by atoms with E-state index in [2.05, 4.69) is 5.32 Å². The Kier molecular flexibility index (Phi) is 7.84. The number of hydrogen-bond donors (Lipinski definition) is 1. The van der Waals surface area contributed by atoms with E-state index in [1.807, 2.05) is 32.9 Å². The molecular formula is C23H28ClFN2O3. The fourth-order valence-corrected chi connectivity index (χ4v) is 3.17. The highest BCUT2D eigenvalue weighted by atomic mass is 35.5. The predicted molar refractivity (Wildman–Crippen MR) is 116 cm³/mol. The van der Waals surface area contributed by atoms with Gasteiger partial charge in [0.2, 0.25) is 11.8 Å². The van der Waals surface area contributed by atoms with Gasteiger partial charge in [0.15, 0.2) is 0 Å². The lowest BCUT2D eigenvalue weighted by atomic mass is 10.1. The average molecular weight is 435 g/mol. The van der Waals surface area contributed by atoms with Gasteiger partial charge in [0.05, 0.1) is 13.5 Å². The largest absolute Gasteiger partial charge is 0.497 e. The number of nitrogens with zero attached hydrogens (tertiary/aromatic N) is 1. The van der Waals surface area contributed by atoms with Crippen molar-refractivity contribution < 1.29 is 18.7 Å². The summed E-state index contributed by atoms with van der Waals surface area (Å²) in [6.07, 6.45) is -0.241. The molecule has 7 heteroatoms. The van der Waals surface area contributed by atoms with E-state index < -0.39 is 23.3 Å². The molecule has 5 nitrogen and oxygen atoms in total. The third-order valence-corrected chi connectivity index (χ3v) is 4.92. The molecule has 0 aliphatic rings. The fourth-order valence-electron chi connectivity index (χ4n) is 2.94. The maximum Gasteiger partial charge on any atom is 0.242 e. The van der Waals surface area contributed by atoms with Gasteiger partial charge in [0.1, 0.15) is 17.6 Å². The summed E-state index contributed by atoms with van der Waals surface area (Å²) in [6, 6.07) is 10.7. The number of amides is 2. The fraction of sp³-hybridized carbons (Fsp3) is 0.391. The first-order chi connectivity index (χ1) is 14.0. The maximum atomic E-state index is 14.2. The first-order valence-electron chi connectivity index (χ1n) is 9.69. The zero-order valence-electron chi connectivity index (χ0n) is 18.0. The Morgan fingerprint density at radius 1 is 1.17 bits per heavy atom. The van der Waals surface area contributed by atoms with E-state index in [1.165, 1.54) is 23.1 Å². The van der Waals surface area contributed by atoms with E-state index in [4.69, 9.17) is 16.3 Å². The van der Waals surface area contributed by atoms with E-state index in [-0.39, 0.29) is 29.5 Å². The van der Waals surface area contributed by atoms with Crippen molar-refractivity contribution in [2.75, 3.05) is 7.11 Å². The van der Waals surface area contributed by atoms with Crippen molar-refractivity contribution in [3.05, 3.63) is 64.4 Å². The number of carbonyl (C=O) groups is 2. The summed E-state index contributed by atoms with van der Waals surface area (Å²) >= 11 is 6.10. The van der Waals surface area contributed by atoms with E-state index in [9.17, 15) is 14.0 Å². The minimum atomic E-state index is -0.760. The lowest BCUT2D eigenvalue weighted by molar-refractivity contribution is -0.140. The SMILES string of the molecule is COc1ccc(CN(C(=O)Cc2c(F)cccc2Cl)[C@H](C)C(=O)NC(C)(C)C)cc1. The highest BCUT2D eigenvalue weighted by Crippen LogP contribution is 2.22. The monoisotopic (exact) mass is 434 g/mol. The molecule has 2 rings (SSSR count). The van der Waals surface area contributed by atoms with Crippen LogP contribution in [0.3, 0.4) is 0 Å². The molecule has 1 atom stereocenters. The van der Waals surface area contributed by atoms with Crippen molar-refractivity contribution >= 4 is 23.4 Å². The molecule has 0 fully saturated rings. The molecule has 0 bridgehead atoms. The van der Waals surface area contributed by atoms with E-state index >= 15 is 0 Å². The lowest BCUT2D eigenvalue weighted by Gasteiger charge is -2.31. The predicted octanol–water partition coefficient (Wildman–Crippen LogP) is 4.36. The van der Waals surface area contributed by atoms with Gasteiger partial charge < -0.3 is 15.0 Å². The molecule has 0 aliphatic heterocycles. The molecule has 1 N–H and O–H groups in total. The van der Waals surface area contributed by atoms with Crippen LogP contribution in [0.5, 0.6) is 5.75 Å². The Hall–Kier alpha value is -2.60. The molecule has 2 aromatic carbocycles. The topological polar surface area (TPSA) is 58.6 Å². The number of ether oxygens (including phenoxy) is 1. The molecule has 0 spiro atoms. The van der Waals surface area contributed by atoms with Gasteiger partial charge in [-0.1, -0.05) is 29.8 Å². The van der Waals surface area contributed by atoms with Crippen molar-refractivity contribution in [1.82, 2.24) is 10.2 Å². The van der Waals surface area contributed by atoms with Crippen molar-refractivity contribution in [3.63, 3.8) is 0 Å². The number of hydrogen-bond acceptors (Lipinski definition) is 3. The second-order valence-electron chi connectivity index (χ2n) is 8.16. The first kappa shape index (κ1) is 23.7. The third-order valence-electron chi connectivity index (χ3n) is 4.57. The second-order valence-corrected chi connectivity index (χ2v) is 8.57. The lowest BCUT2D eigenvalue weighted by Crippen LogP contribution is -2.52. The van der Waals surface area contributed by atoms with Gasteiger partial charge in [-0.3, -0.25) is 9.59 Å². The molecule has 2 aromatic rings. The Morgan fingerprint density at radius 2 is 1.80 bits per heavy atom. The molecule has 0 saturated heterocycles. The van der Waals surface area contributed by atoms with E-state index in [0.29, 0.717) is 5.75 Å². The number of rotatable bonds is 7. The summed E-state index contributed by atoms with van der Waals surface area (Å²) < 4.78 is 19.4. The van der Waals surface area contributed by atoms with Crippen LogP contribution in [-0.2, 0) is 22.6 Å². The van der Waals surface area contributed by atoms with Crippen molar-refractivity contribution in [2.45, 2.75) is 52.2 Å². The number of nitrogens with one attached hydrogen (secondary N) is 1. The van der Waals surface area contributed by atoms with Gasteiger partial charge in [0, 0.05) is 22.7 Å². The zero-order valence-corrected chi connectivity index (χ0v) is 18.7. The standard InChI is InChI=1S/C23H28ClFN2O3/c1-15(22(29)26-23(2,3)4)27(14-16-9-11-17(30-5)12-10-16)21(28)13-18-19(24)7-6-8-20(18)25/h6-12,15H,13-14H2,1-5H3,(H,26,29)/t15-/m1/s1. The van der Waals surface area contributed by atoms with Gasteiger partial charge >= 0.3 is 0 Å². The van der Waals surface area contributed by atoms with Gasteiger partial charge in [-0.25, -0.2) is 4.39 Å². The summed E-state index contributed by atoms with van der Waals surface area (Å²) in [6.45, 7) is 7.45. The maximum absolute atomic E-state index is 14.2.